The van der Waals surface area contributed by atoms with Crippen molar-refractivity contribution in [2.75, 3.05) is 13.7 Å². The molecule has 1 heterocycles. The normalized spacial score (nSPS) is 12.8. The number of ether oxygens (including phenoxy) is 1. The van der Waals surface area contributed by atoms with Crippen molar-refractivity contribution in [3.63, 3.8) is 0 Å². The van der Waals surface area contributed by atoms with Crippen LogP contribution in [-0.2, 0) is 21.3 Å². The van der Waals surface area contributed by atoms with Crippen LogP contribution in [0.2, 0.25) is 0 Å². The monoisotopic (exact) mass is 426 g/mol. The minimum absolute atomic E-state index is 0.182. The first-order valence-corrected chi connectivity index (χ1v) is 10.2. The molecule has 0 atom stereocenters. The highest BCUT2D eigenvalue weighted by Crippen LogP contribution is 2.22. The lowest BCUT2D eigenvalue weighted by molar-refractivity contribution is 0.187. The third-order valence-electron chi connectivity index (χ3n) is 3.40. The number of halogens is 1. The average Bonchev–Trinajstić information content (AvgIpc) is 2.89. The Bertz CT molecular complexity index is 1020. The second-order valence-electron chi connectivity index (χ2n) is 5.02. The lowest BCUT2D eigenvalue weighted by Gasteiger charge is -2.04. The van der Waals surface area contributed by atoms with Gasteiger partial charge in [0.2, 0.25) is 4.80 Å². The number of hydrogen-bond donors (Lipinski definition) is 0. The van der Waals surface area contributed by atoms with Crippen LogP contribution in [0.25, 0.3) is 10.2 Å². The summed E-state index contributed by atoms with van der Waals surface area (Å²) in [4.78, 5) is 0.617. The van der Waals surface area contributed by atoms with Gasteiger partial charge in [0.05, 0.1) is 21.7 Å². The number of aromatic nitrogens is 1. The van der Waals surface area contributed by atoms with Crippen LogP contribution in [-0.4, -0.2) is 26.7 Å². The maximum atomic E-state index is 12.6. The molecule has 0 spiro atoms. The van der Waals surface area contributed by atoms with E-state index in [0.717, 1.165) is 14.7 Å². The Morgan fingerprint density at radius 3 is 2.67 bits per heavy atom. The van der Waals surface area contributed by atoms with Crippen molar-refractivity contribution in [1.29, 1.82) is 0 Å². The molecule has 8 heteroatoms. The van der Waals surface area contributed by atoms with Gasteiger partial charge in [0.1, 0.15) is 0 Å². The highest BCUT2D eigenvalue weighted by Gasteiger charge is 2.14. The predicted octanol–water partition coefficient (Wildman–Crippen LogP) is 3.40. The lowest BCUT2D eigenvalue weighted by atomic mass is 10.3. The van der Waals surface area contributed by atoms with E-state index in [1.54, 1.807) is 37.4 Å². The van der Waals surface area contributed by atoms with Gasteiger partial charge in [0, 0.05) is 18.1 Å². The van der Waals surface area contributed by atoms with Crippen LogP contribution < -0.4 is 4.80 Å². The number of nitrogens with zero attached hydrogens (tertiary/aromatic N) is 2. The zero-order valence-corrected chi connectivity index (χ0v) is 16.1. The first-order valence-electron chi connectivity index (χ1n) is 7.15. The number of methoxy groups -OCH3 is 1. The Morgan fingerprint density at radius 1 is 1.21 bits per heavy atom. The van der Waals surface area contributed by atoms with Crippen molar-refractivity contribution in [3.05, 3.63) is 57.8 Å². The van der Waals surface area contributed by atoms with Crippen molar-refractivity contribution in [3.8, 4) is 0 Å². The molecule has 3 aromatic rings. The zero-order chi connectivity index (χ0) is 17.2. The van der Waals surface area contributed by atoms with Crippen LogP contribution in [0.5, 0.6) is 0 Å². The summed E-state index contributed by atoms with van der Waals surface area (Å²) in [6.07, 6.45) is 0. The fourth-order valence-corrected chi connectivity index (χ4v) is 5.10. The molecule has 2 aromatic carbocycles. The van der Waals surface area contributed by atoms with Gasteiger partial charge in [-0.3, -0.25) is 0 Å². The largest absolute Gasteiger partial charge is 0.383 e. The van der Waals surface area contributed by atoms with Crippen molar-refractivity contribution in [2.24, 2.45) is 4.40 Å². The summed E-state index contributed by atoms with van der Waals surface area (Å²) in [5.74, 6) is 0. The van der Waals surface area contributed by atoms with Gasteiger partial charge in [-0.1, -0.05) is 45.5 Å². The SMILES string of the molecule is COCCn1/c(=N/S(=O)(=O)c2ccccc2)sc2cc(Br)ccc21. The van der Waals surface area contributed by atoms with Gasteiger partial charge < -0.3 is 9.30 Å². The van der Waals surface area contributed by atoms with Gasteiger partial charge in [-0.2, -0.15) is 8.42 Å². The minimum Gasteiger partial charge on any atom is -0.383 e. The summed E-state index contributed by atoms with van der Waals surface area (Å²) in [5, 5.41) is 0. The van der Waals surface area contributed by atoms with Crippen LogP contribution in [0, 0.1) is 0 Å². The van der Waals surface area contributed by atoms with Gasteiger partial charge >= 0.3 is 0 Å². The van der Waals surface area contributed by atoms with Gasteiger partial charge in [-0.05, 0) is 30.3 Å². The van der Waals surface area contributed by atoms with Crippen molar-refractivity contribution in [2.45, 2.75) is 11.4 Å². The van der Waals surface area contributed by atoms with Gasteiger partial charge in [0.25, 0.3) is 10.0 Å². The molecule has 0 saturated heterocycles. The summed E-state index contributed by atoms with van der Waals surface area (Å²) in [6.45, 7) is 1.00. The Labute approximate surface area is 152 Å². The molecule has 0 radical (unpaired) electrons. The maximum absolute atomic E-state index is 12.6. The molecule has 5 nitrogen and oxygen atoms in total. The highest BCUT2D eigenvalue weighted by atomic mass is 79.9. The minimum atomic E-state index is -3.76. The molecular weight excluding hydrogens is 412 g/mol. The zero-order valence-electron chi connectivity index (χ0n) is 12.8. The number of rotatable bonds is 5. The van der Waals surface area contributed by atoms with E-state index in [1.165, 1.54) is 11.3 Å². The summed E-state index contributed by atoms with van der Waals surface area (Å²) < 4.78 is 38.1. The van der Waals surface area contributed by atoms with Crippen LogP contribution >= 0.6 is 27.3 Å². The Hall–Kier alpha value is -1.48. The Balaban J connectivity index is 2.21. The van der Waals surface area contributed by atoms with E-state index >= 15 is 0 Å². The average molecular weight is 427 g/mol. The molecule has 1 aromatic heterocycles. The lowest BCUT2D eigenvalue weighted by Crippen LogP contribution is -2.19. The maximum Gasteiger partial charge on any atom is 0.285 e. The fourth-order valence-electron chi connectivity index (χ4n) is 2.26. The van der Waals surface area contributed by atoms with Crippen LogP contribution in [0.1, 0.15) is 0 Å². The van der Waals surface area contributed by atoms with Gasteiger partial charge in [-0.25, -0.2) is 0 Å². The van der Waals surface area contributed by atoms with Crippen LogP contribution in [0.4, 0.5) is 0 Å². The summed E-state index contributed by atoms with van der Waals surface area (Å²) in [7, 11) is -2.14. The smallest absolute Gasteiger partial charge is 0.285 e. The molecule has 0 aliphatic heterocycles. The molecular formula is C16H15BrN2O3S2. The number of fused-ring (bicyclic) bond motifs is 1. The number of benzene rings is 2. The van der Waals surface area contributed by atoms with E-state index in [0.29, 0.717) is 18.0 Å². The summed E-state index contributed by atoms with van der Waals surface area (Å²) in [5.41, 5.74) is 0.933. The second-order valence-corrected chi connectivity index (χ2v) is 8.55. The Morgan fingerprint density at radius 2 is 1.96 bits per heavy atom. The predicted molar refractivity (Wildman–Crippen MR) is 98.6 cm³/mol. The molecule has 3 rings (SSSR count). The molecule has 0 saturated carbocycles. The second kappa shape index (κ2) is 7.18. The molecule has 0 aliphatic rings. The topological polar surface area (TPSA) is 60.7 Å². The van der Waals surface area contributed by atoms with E-state index in [9.17, 15) is 8.42 Å². The van der Waals surface area contributed by atoms with E-state index in [2.05, 4.69) is 20.3 Å². The van der Waals surface area contributed by atoms with E-state index in [-0.39, 0.29) is 4.90 Å². The molecule has 0 fully saturated rings. The van der Waals surface area contributed by atoms with Crippen molar-refractivity contribution >= 4 is 47.5 Å². The van der Waals surface area contributed by atoms with Crippen molar-refractivity contribution in [1.82, 2.24) is 4.57 Å². The van der Waals surface area contributed by atoms with E-state index in [1.807, 2.05) is 22.8 Å². The molecule has 0 aliphatic carbocycles. The van der Waals surface area contributed by atoms with Gasteiger partial charge in [0.15, 0.2) is 0 Å². The summed E-state index contributed by atoms with van der Waals surface area (Å²) in [6, 6.07) is 14.1. The third kappa shape index (κ3) is 3.61. The molecule has 0 N–H and O–H groups in total. The van der Waals surface area contributed by atoms with Gasteiger partial charge in [-0.15, -0.1) is 4.40 Å². The molecule has 126 valence electrons. The first-order chi connectivity index (χ1) is 11.5. The summed E-state index contributed by atoms with van der Waals surface area (Å²) >= 11 is 4.78. The molecule has 0 bridgehead atoms. The molecule has 0 unspecified atom stereocenters. The first kappa shape index (κ1) is 17.3. The molecule has 24 heavy (non-hydrogen) atoms. The fraction of sp³-hybridized carbons (Fsp3) is 0.188. The van der Waals surface area contributed by atoms with Crippen LogP contribution in [0.3, 0.4) is 0 Å². The molecule has 0 amide bonds. The highest BCUT2D eigenvalue weighted by molar-refractivity contribution is 9.10. The quantitative estimate of drug-likeness (QED) is 0.627. The van der Waals surface area contributed by atoms with E-state index in [4.69, 9.17) is 4.74 Å². The Kier molecular flexibility index (Phi) is 5.19. The van der Waals surface area contributed by atoms with E-state index < -0.39 is 10.0 Å². The number of sulfonamides is 1. The third-order valence-corrected chi connectivity index (χ3v) is 6.33. The van der Waals surface area contributed by atoms with Crippen molar-refractivity contribution < 1.29 is 13.2 Å². The standard InChI is InChI=1S/C16H15BrN2O3S2/c1-22-10-9-19-14-8-7-12(17)11-15(14)23-16(19)18-24(20,21)13-5-3-2-4-6-13/h2-8,11H,9-10H2,1H3/b18-16-. The number of hydrogen-bond acceptors (Lipinski definition) is 4. The van der Waals surface area contributed by atoms with Crippen LogP contribution in [0.15, 0.2) is 62.3 Å². The number of thiazole rings is 1.